The van der Waals surface area contributed by atoms with E-state index in [4.69, 9.17) is 5.26 Å². The van der Waals surface area contributed by atoms with Crippen LogP contribution in [0, 0.1) is 25.2 Å². The minimum absolute atomic E-state index is 0.246. The van der Waals surface area contributed by atoms with Crippen molar-refractivity contribution in [3.63, 3.8) is 0 Å². The van der Waals surface area contributed by atoms with Crippen LogP contribution < -0.4 is 5.32 Å². The van der Waals surface area contributed by atoms with Gasteiger partial charge in [-0.1, -0.05) is 24.3 Å². The van der Waals surface area contributed by atoms with E-state index in [1.165, 1.54) is 0 Å². The lowest BCUT2D eigenvalue weighted by molar-refractivity contribution is 0.676. The Bertz CT molecular complexity index is 368. The molecule has 0 aliphatic heterocycles. The summed E-state index contributed by atoms with van der Waals surface area (Å²) in [7, 11) is 0. The van der Waals surface area contributed by atoms with E-state index in [9.17, 15) is 0 Å². The number of nitriles is 1. The highest BCUT2D eigenvalue weighted by Crippen LogP contribution is 2.21. The van der Waals surface area contributed by atoms with E-state index in [-0.39, 0.29) is 6.04 Å². The highest BCUT2D eigenvalue weighted by Gasteiger charge is 2.13. The molecule has 0 heterocycles. The first kappa shape index (κ1) is 11.5. The molecule has 2 nitrogen and oxygen atoms in total. The second-order valence-corrected chi connectivity index (χ2v) is 3.56. The van der Waals surface area contributed by atoms with Crippen molar-refractivity contribution in [1.29, 1.82) is 5.26 Å². The molecule has 0 radical (unpaired) electrons. The second-order valence-electron chi connectivity index (χ2n) is 3.56. The average molecular weight is 200 g/mol. The van der Waals surface area contributed by atoms with Crippen LogP contribution in [0.1, 0.15) is 22.7 Å². The van der Waals surface area contributed by atoms with Crippen molar-refractivity contribution in [1.82, 2.24) is 5.32 Å². The van der Waals surface area contributed by atoms with Crippen LogP contribution >= 0.6 is 0 Å². The van der Waals surface area contributed by atoms with Gasteiger partial charge >= 0.3 is 0 Å². The Morgan fingerprint density at radius 3 is 2.53 bits per heavy atom. The number of hydrogen-bond donors (Lipinski definition) is 1. The smallest absolute Gasteiger partial charge is 0.122 e. The van der Waals surface area contributed by atoms with Crippen molar-refractivity contribution in [3.05, 3.63) is 47.5 Å². The molecule has 1 N–H and O–H groups in total. The normalized spacial score (nSPS) is 11.8. The van der Waals surface area contributed by atoms with Crippen molar-refractivity contribution in [2.75, 3.05) is 6.54 Å². The minimum atomic E-state index is -0.246. The molecule has 1 rings (SSSR count). The molecular formula is C13H16N2. The molecule has 0 saturated carbocycles. The molecule has 0 aliphatic rings. The Morgan fingerprint density at radius 1 is 1.47 bits per heavy atom. The van der Waals surface area contributed by atoms with Crippen LogP contribution in [0.3, 0.4) is 0 Å². The Morgan fingerprint density at radius 2 is 2.07 bits per heavy atom. The summed E-state index contributed by atoms with van der Waals surface area (Å²) >= 11 is 0. The van der Waals surface area contributed by atoms with E-state index in [1.807, 2.05) is 32.0 Å². The van der Waals surface area contributed by atoms with Crippen LogP contribution in [0.4, 0.5) is 0 Å². The van der Waals surface area contributed by atoms with Gasteiger partial charge in [0.1, 0.15) is 6.04 Å². The lowest BCUT2D eigenvalue weighted by atomic mass is 9.97. The Hall–Kier alpha value is -1.59. The summed E-state index contributed by atoms with van der Waals surface area (Å²) in [5, 5.41) is 12.2. The monoisotopic (exact) mass is 200 g/mol. The topological polar surface area (TPSA) is 35.8 Å². The third kappa shape index (κ3) is 2.68. The molecule has 0 spiro atoms. The summed E-state index contributed by atoms with van der Waals surface area (Å²) in [6.07, 6.45) is 1.76. The fraction of sp³-hybridized carbons (Fsp3) is 0.308. The van der Waals surface area contributed by atoms with Crippen molar-refractivity contribution >= 4 is 0 Å². The molecule has 1 aromatic rings. The van der Waals surface area contributed by atoms with Crippen LogP contribution in [0.5, 0.6) is 0 Å². The van der Waals surface area contributed by atoms with Gasteiger partial charge in [0, 0.05) is 6.54 Å². The molecule has 0 amide bonds. The van der Waals surface area contributed by atoms with E-state index >= 15 is 0 Å². The molecule has 0 fully saturated rings. The summed E-state index contributed by atoms with van der Waals surface area (Å²) in [4.78, 5) is 0. The van der Waals surface area contributed by atoms with Gasteiger partial charge in [-0.25, -0.2) is 0 Å². The molecule has 0 aromatic heterocycles. The van der Waals surface area contributed by atoms with E-state index in [0.717, 1.165) is 16.7 Å². The van der Waals surface area contributed by atoms with Crippen LogP contribution in [-0.2, 0) is 0 Å². The van der Waals surface area contributed by atoms with Gasteiger partial charge in [0.05, 0.1) is 6.07 Å². The Labute approximate surface area is 91.2 Å². The maximum Gasteiger partial charge on any atom is 0.122 e. The number of hydrogen-bond acceptors (Lipinski definition) is 2. The summed E-state index contributed by atoms with van der Waals surface area (Å²) in [6.45, 7) is 8.34. The van der Waals surface area contributed by atoms with E-state index in [0.29, 0.717) is 6.54 Å². The van der Waals surface area contributed by atoms with Gasteiger partial charge < -0.3 is 0 Å². The van der Waals surface area contributed by atoms with Gasteiger partial charge in [0.2, 0.25) is 0 Å². The van der Waals surface area contributed by atoms with Crippen molar-refractivity contribution in [3.8, 4) is 6.07 Å². The van der Waals surface area contributed by atoms with Gasteiger partial charge in [-0.15, -0.1) is 6.58 Å². The quantitative estimate of drug-likeness (QED) is 0.758. The van der Waals surface area contributed by atoms with Gasteiger partial charge in [0.15, 0.2) is 0 Å². The van der Waals surface area contributed by atoms with Crippen molar-refractivity contribution < 1.29 is 0 Å². The highest BCUT2D eigenvalue weighted by molar-refractivity contribution is 5.38. The van der Waals surface area contributed by atoms with Crippen LogP contribution in [0.25, 0.3) is 0 Å². The largest absolute Gasteiger partial charge is 0.295 e. The number of benzene rings is 1. The predicted octanol–water partition coefficient (Wildman–Crippen LogP) is 2.64. The predicted molar refractivity (Wildman–Crippen MR) is 62.5 cm³/mol. The van der Waals surface area contributed by atoms with Gasteiger partial charge in [-0.05, 0) is 30.5 Å². The number of nitrogens with zero attached hydrogens (tertiary/aromatic N) is 1. The van der Waals surface area contributed by atoms with Crippen molar-refractivity contribution in [2.45, 2.75) is 19.9 Å². The molecule has 0 bridgehead atoms. The second kappa shape index (κ2) is 5.33. The molecular weight excluding hydrogens is 184 g/mol. The molecule has 1 unspecified atom stereocenters. The van der Waals surface area contributed by atoms with Gasteiger partial charge in [0.25, 0.3) is 0 Å². The lowest BCUT2D eigenvalue weighted by Gasteiger charge is -2.15. The zero-order valence-corrected chi connectivity index (χ0v) is 9.25. The summed E-state index contributed by atoms with van der Waals surface area (Å²) in [6, 6.07) is 8.10. The van der Waals surface area contributed by atoms with Gasteiger partial charge in [-0.2, -0.15) is 5.26 Å². The Kier molecular flexibility index (Phi) is 4.08. The van der Waals surface area contributed by atoms with E-state index in [2.05, 4.69) is 18.0 Å². The molecule has 78 valence electrons. The molecule has 0 aliphatic carbocycles. The third-order valence-electron chi connectivity index (χ3n) is 2.43. The van der Waals surface area contributed by atoms with Gasteiger partial charge in [-0.3, -0.25) is 5.32 Å². The molecule has 15 heavy (non-hydrogen) atoms. The maximum absolute atomic E-state index is 9.11. The lowest BCUT2D eigenvalue weighted by Crippen LogP contribution is -2.21. The van der Waals surface area contributed by atoms with Crippen molar-refractivity contribution in [2.24, 2.45) is 0 Å². The summed E-state index contributed by atoms with van der Waals surface area (Å²) in [5.41, 5.74) is 3.39. The van der Waals surface area contributed by atoms with E-state index < -0.39 is 0 Å². The summed E-state index contributed by atoms with van der Waals surface area (Å²) in [5.74, 6) is 0. The molecule has 2 heteroatoms. The fourth-order valence-corrected chi connectivity index (χ4v) is 1.70. The van der Waals surface area contributed by atoms with Crippen LogP contribution in [-0.4, -0.2) is 6.54 Å². The number of rotatable bonds is 4. The van der Waals surface area contributed by atoms with Crippen LogP contribution in [0.2, 0.25) is 0 Å². The minimum Gasteiger partial charge on any atom is -0.295 e. The SMILES string of the molecule is C=CCNC(C#N)c1c(C)cccc1C. The third-order valence-corrected chi connectivity index (χ3v) is 2.43. The number of nitrogens with one attached hydrogen (secondary N) is 1. The van der Waals surface area contributed by atoms with E-state index in [1.54, 1.807) is 6.08 Å². The Balaban J connectivity index is 3.01. The molecule has 1 aromatic carbocycles. The first-order chi connectivity index (χ1) is 7.20. The highest BCUT2D eigenvalue weighted by atomic mass is 14.9. The standard InChI is InChI=1S/C13H16N2/c1-4-8-15-12(9-14)13-10(2)6-5-7-11(13)3/h4-7,12,15H,1,8H2,2-3H3. The van der Waals surface area contributed by atoms with Crippen LogP contribution in [0.15, 0.2) is 30.9 Å². The first-order valence-corrected chi connectivity index (χ1v) is 5.00. The molecule has 0 saturated heterocycles. The fourth-order valence-electron chi connectivity index (χ4n) is 1.70. The zero-order valence-electron chi connectivity index (χ0n) is 9.25. The summed E-state index contributed by atoms with van der Waals surface area (Å²) < 4.78 is 0. The number of aryl methyl sites for hydroxylation is 2. The zero-order chi connectivity index (χ0) is 11.3. The first-order valence-electron chi connectivity index (χ1n) is 5.00. The maximum atomic E-state index is 9.11. The molecule has 1 atom stereocenters. The average Bonchev–Trinajstić information content (AvgIpc) is 2.22.